The van der Waals surface area contributed by atoms with Gasteiger partial charge in [0, 0.05) is 0 Å². The summed E-state index contributed by atoms with van der Waals surface area (Å²) in [5.41, 5.74) is 7.09. The fraction of sp³-hybridized carbons (Fsp3) is 0.400. The van der Waals surface area contributed by atoms with Gasteiger partial charge in [0.1, 0.15) is 5.82 Å². The second-order valence-corrected chi connectivity index (χ2v) is 3.43. The molecule has 1 aromatic rings. The third-order valence-electron chi connectivity index (χ3n) is 2.49. The fourth-order valence-corrected chi connectivity index (χ4v) is 1.68. The van der Waals surface area contributed by atoms with Crippen molar-refractivity contribution in [1.82, 2.24) is 5.32 Å². The van der Waals surface area contributed by atoms with Crippen LogP contribution in [0.3, 0.4) is 0 Å². The van der Waals surface area contributed by atoms with E-state index in [1.165, 1.54) is 6.07 Å². The number of benzene rings is 1. The molecule has 1 aliphatic rings. The molecule has 1 fully saturated rings. The Labute approximate surface area is 82.1 Å². The average Bonchev–Trinajstić information content (AvgIpc) is 2.57. The van der Waals surface area contributed by atoms with Gasteiger partial charge in [-0.25, -0.2) is 4.39 Å². The molecule has 76 valence electrons. The number of hydrogen-bond acceptors (Lipinski definition) is 3. The molecule has 2 rings (SSSR count). The van der Waals surface area contributed by atoms with Crippen molar-refractivity contribution in [2.24, 2.45) is 5.73 Å². The van der Waals surface area contributed by atoms with Crippen molar-refractivity contribution in [3.05, 3.63) is 35.1 Å². The second kappa shape index (κ2) is 3.65. The number of nitrogens with two attached hydrogens (primary N) is 1. The molecule has 3 N–H and O–H groups in total. The smallest absolute Gasteiger partial charge is 0.161 e. The molecule has 0 aliphatic carbocycles. The molecule has 0 aromatic heterocycles. The Bertz CT molecular complexity index is 343. The Morgan fingerprint density at radius 3 is 3.00 bits per heavy atom. The lowest BCUT2D eigenvalue weighted by atomic mass is 10.0. The first kappa shape index (κ1) is 9.58. The lowest BCUT2D eigenvalue weighted by Crippen LogP contribution is -2.33. The second-order valence-electron chi connectivity index (χ2n) is 3.43. The maximum absolute atomic E-state index is 13.2. The van der Waals surface area contributed by atoms with Crippen LogP contribution in [0.15, 0.2) is 18.2 Å². The van der Waals surface area contributed by atoms with Crippen LogP contribution in [0.25, 0.3) is 0 Å². The van der Waals surface area contributed by atoms with Crippen LogP contribution in [0.4, 0.5) is 4.39 Å². The van der Waals surface area contributed by atoms with Crippen LogP contribution >= 0.6 is 0 Å². The van der Waals surface area contributed by atoms with Crippen molar-refractivity contribution in [3.8, 4) is 0 Å². The van der Waals surface area contributed by atoms with Gasteiger partial charge in [0.25, 0.3) is 0 Å². The van der Waals surface area contributed by atoms with Crippen LogP contribution in [0.5, 0.6) is 0 Å². The van der Waals surface area contributed by atoms with E-state index in [0.29, 0.717) is 12.2 Å². The van der Waals surface area contributed by atoms with Crippen molar-refractivity contribution in [2.45, 2.75) is 19.3 Å². The molecular weight excluding hydrogens is 183 g/mol. The van der Waals surface area contributed by atoms with E-state index in [9.17, 15) is 4.39 Å². The number of halogens is 1. The normalized spacial score (nSPS) is 26.8. The fourth-order valence-electron chi connectivity index (χ4n) is 1.68. The zero-order valence-corrected chi connectivity index (χ0v) is 7.96. The zero-order valence-electron chi connectivity index (χ0n) is 7.96. The van der Waals surface area contributed by atoms with Crippen LogP contribution in [0, 0.1) is 12.7 Å². The molecule has 0 amide bonds. The lowest BCUT2D eigenvalue weighted by Gasteiger charge is -2.12. The maximum Gasteiger partial charge on any atom is 0.161 e. The van der Waals surface area contributed by atoms with E-state index >= 15 is 0 Å². The van der Waals surface area contributed by atoms with Crippen LogP contribution < -0.4 is 11.1 Å². The number of nitrogens with one attached hydrogen (secondary N) is 1. The molecule has 0 bridgehead atoms. The van der Waals surface area contributed by atoms with Gasteiger partial charge < -0.3 is 4.74 Å². The maximum atomic E-state index is 13.2. The van der Waals surface area contributed by atoms with Gasteiger partial charge in [0.2, 0.25) is 0 Å². The third-order valence-corrected chi connectivity index (χ3v) is 2.49. The van der Waals surface area contributed by atoms with E-state index in [0.717, 1.165) is 5.56 Å². The first-order chi connectivity index (χ1) is 6.68. The van der Waals surface area contributed by atoms with E-state index in [2.05, 4.69) is 5.32 Å². The summed E-state index contributed by atoms with van der Waals surface area (Å²) >= 11 is 0. The Morgan fingerprint density at radius 2 is 2.36 bits per heavy atom. The Balaban J connectivity index is 2.28. The molecule has 1 unspecified atom stereocenters. The minimum absolute atomic E-state index is 0.000648. The van der Waals surface area contributed by atoms with E-state index in [4.69, 9.17) is 10.5 Å². The Hall–Kier alpha value is -0.970. The minimum atomic E-state index is -0.442. The van der Waals surface area contributed by atoms with Gasteiger partial charge in [-0.3, -0.25) is 11.1 Å². The molecule has 1 aromatic carbocycles. The van der Waals surface area contributed by atoms with Crippen LogP contribution in [0.2, 0.25) is 0 Å². The number of rotatable bonds is 1. The highest BCUT2D eigenvalue weighted by atomic mass is 19.1. The Morgan fingerprint density at radius 1 is 1.57 bits per heavy atom. The van der Waals surface area contributed by atoms with E-state index in [1.54, 1.807) is 13.0 Å². The van der Waals surface area contributed by atoms with Crippen LogP contribution in [0.1, 0.15) is 17.2 Å². The zero-order chi connectivity index (χ0) is 10.1. The van der Waals surface area contributed by atoms with Gasteiger partial charge in [0.05, 0.1) is 12.6 Å². The largest absolute Gasteiger partial charge is 0.348 e. The topological polar surface area (TPSA) is 47.3 Å². The predicted octanol–water partition coefficient (Wildman–Crippen LogP) is 1.04. The molecule has 0 saturated carbocycles. The summed E-state index contributed by atoms with van der Waals surface area (Å²) in [5, 5.41) is 3.03. The van der Waals surface area contributed by atoms with Crippen LogP contribution in [-0.2, 0) is 4.74 Å². The summed E-state index contributed by atoms with van der Waals surface area (Å²) in [6.45, 7) is 2.25. The van der Waals surface area contributed by atoms with Gasteiger partial charge in [-0.05, 0) is 24.1 Å². The van der Waals surface area contributed by atoms with Crippen molar-refractivity contribution >= 4 is 0 Å². The molecule has 14 heavy (non-hydrogen) atoms. The molecule has 2 atom stereocenters. The minimum Gasteiger partial charge on any atom is -0.348 e. The predicted molar refractivity (Wildman–Crippen MR) is 50.9 cm³/mol. The molecule has 3 nitrogen and oxygen atoms in total. The quantitative estimate of drug-likeness (QED) is 0.705. The van der Waals surface area contributed by atoms with Gasteiger partial charge in [0.15, 0.2) is 6.35 Å². The summed E-state index contributed by atoms with van der Waals surface area (Å²) in [6, 6.07) is 5.04. The van der Waals surface area contributed by atoms with Gasteiger partial charge in [-0.2, -0.15) is 0 Å². The van der Waals surface area contributed by atoms with Gasteiger partial charge >= 0.3 is 0 Å². The molecule has 1 saturated heterocycles. The summed E-state index contributed by atoms with van der Waals surface area (Å²) in [6.07, 6.45) is -0.442. The van der Waals surface area contributed by atoms with Crippen molar-refractivity contribution in [3.63, 3.8) is 0 Å². The SMILES string of the molecule is Cc1c(F)cccc1[C@H]1COC(N)N1. The van der Waals surface area contributed by atoms with E-state index < -0.39 is 6.35 Å². The van der Waals surface area contributed by atoms with Crippen molar-refractivity contribution in [2.75, 3.05) is 6.61 Å². The van der Waals surface area contributed by atoms with Crippen molar-refractivity contribution < 1.29 is 9.13 Å². The monoisotopic (exact) mass is 196 g/mol. The molecule has 1 heterocycles. The molecule has 4 heteroatoms. The van der Waals surface area contributed by atoms with Crippen molar-refractivity contribution in [1.29, 1.82) is 0 Å². The Kier molecular flexibility index (Phi) is 2.50. The molecule has 0 radical (unpaired) electrons. The molecule has 0 spiro atoms. The highest BCUT2D eigenvalue weighted by Gasteiger charge is 2.24. The van der Waals surface area contributed by atoms with Gasteiger partial charge in [-0.15, -0.1) is 0 Å². The highest BCUT2D eigenvalue weighted by molar-refractivity contribution is 5.30. The summed E-state index contributed by atoms with van der Waals surface area (Å²) in [4.78, 5) is 0. The molecule has 1 aliphatic heterocycles. The standard InChI is InChI=1S/C10H13FN2O/c1-6-7(3-2-4-8(6)11)9-5-14-10(12)13-9/h2-4,9-10,13H,5,12H2,1H3/t9-,10?/m1/s1. The molecular formula is C10H13FN2O. The summed E-state index contributed by atoms with van der Waals surface area (Å²) < 4.78 is 18.4. The van der Waals surface area contributed by atoms with E-state index in [1.807, 2.05) is 6.07 Å². The average molecular weight is 196 g/mol. The summed E-state index contributed by atoms with van der Waals surface area (Å²) in [7, 11) is 0. The first-order valence-electron chi connectivity index (χ1n) is 4.56. The van der Waals surface area contributed by atoms with Crippen LogP contribution in [-0.4, -0.2) is 13.0 Å². The highest BCUT2D eigenvalue weighted by Crippen LogP contribution is 2.23. The van der Waals surface area contributed by atoms with Gasteiger partial charge in [-0.1, -0.05) is 12.1 Å². The van der Waals surface area contributed by atoms with E-state index in [-0.39, 0.29) is 11.9 Å². The summed E-state index contributed by atoms with van der Waals surface area (Å²) in [5.74, 6) is -0.190. The number of ether oxygens (including phenoxy) is 1. The lowest BCUT2D eigenvalue weighted by molar-refractivity contribution is 0.106. The number of hydrogen-bond donors (Lipinski definition) is 2. The first-order valence-corrected chi connectivity index (χ1v) is 4.56. The third kappa shape index (κ3) is 1.64.